The smallest absolute Gasteiger partial charge is 0.125 e. The number of aryl methyl sites for hydroxylation is 2. The maximum absolute atomic E-state index is 8.41. The van der Waals surface area contributed by atoms with Gasteiger partial charge in [-0.15, -0.1) is 0 Å². The third kappa shape index (κ3) is 2.25. The van der Waals surface area contributed by atoms with E-state index in [2.05, 4.69) is 5.16 Å². The highest BCUT2D eigenvalue weighted by Gasteiger charge is 2.04. The molecule has 76 valence electrons. The molecule has 0 amide bonds. The van der Waals surface area contributed by atoms with Crippen LogP contribution < -0.4 is 4.74 Å². The van der Waals surface area contributed by atoms with E-state index >= 15 is 0 Å². The maximum Gasteiger partial charge on any atom is 0.125 e. The van der Waals surface area contributed by atoms with Crippen LogP contribution in [-0.4, -0.2) is 18.0 Å². The van der Waals surface area contributed by atoms with E-state index in [9.17, 15) is 0 Å². The number of nitrogens with zero attached hydrogens (tertiary/aromatic N) is 1. The van der Waals surface area contributed by atoms with Crippen molar-refractivity contribution in [1.82, 2.24) is 0 Å². The van der Waals surface area contributed by atoms with E-state index < -0.39 is 0 Å². The fourth-order valence-electron chi connectivity index (χ4n) is 1.50. The molecule has 1 N–H and O–H groups in total. The Hall–Kier alpha value is -1.51. The first-order valence-electron chi connectivity index (χ1n) is 4.60. The number of benzene rings is 1. The standard InChI is InChI=1S/C11H15NO2/c1-4-14-11-8(2)5-10(7-12-13)6-9(11)3/h5-7,13H,4H2,1-3H3. The van der Waals surface area contributed by atoms with Gasteiger partial charge in [-0.3, -0.25) is 0 Å². The zero-order chi connectivity index (χ0) is 10.6. The second-order valence-corrected chi connectivity index (χ2v) is 3.16. The molecule has 0 unspecified atom stereocenters. The van der Waals surface area contributed by atoms with Crippen molar-refractivity contribution in [3.63, 3.8) is 0 Å². The second kappa shape index (κ2) is 4.65. The Kier molecular flexibility index (Phi) is 3.51. The van der Waals surface area contributed by atoms with Crippen molar-refractivity contribution in [1.29, 1.82) is 0 Å². The predicted molar refractivity (Wildman–Crippen MR) is 56.5 cm³/mol. The lowest BCUT2D eigenvalue weighted by atomic mass is 10.1. The molecule has 0 heterocycles. The van der Waals surface area contributed by atoms with Crippen LogP contribution in [0, 0.1) is 13.8 Å². The molecule has 0 saturated carbocycles. The molecule has 3 nitrogen and oxygen atoms in total. The molecule has 0 spiro atoms. The van der Waals surface area contributed by atoms with E-state index in [4.69, 9.17) is 9.94 Å². The number of hydrogen-bond acceptors (Lipinski definition) is 3. The van der Waals surface area contributed by atoms with E-state index in [0.717, 1.165) is 22.4 Å². The van der Waals surface area contributed by atoms with Gasteiger partial charge >= 0.3 is 0 Å². The SMILES string of the molecule is CCOc1c(C)cc(C=NO)cc1C. The Morgan fingerprint density at radius 2 is 1.93 bits per heavy atom. The van der Waals surface area contributed by atoms with Crippen LogP contribution in [0.15, 0.2) is 17.3 Å². The Balaban J connectivity index is 3.11. The first-order valence-corrected chi connectivity index (χ1v) is 4.60. The van der Waals surface area contributed by atoms with Crippen molar-refractivity contribution < 1.29 is 9.94 Å². The molecule has 1 rings (SSSR count). The fourth-order valence-corrected chi connectivity index (χ4v) is 1.50. The lowest BCUT2D eigenvalue weighted by molar-refractivity contribution is 0.321. The summed E-state index contributed by atoms with van der Waals surface area (Å²) in [7, 11) is 0. The number of hydrogen-bond donors (Lipinski definition) is 1. The van der Waals surface area contributed by atoms with Crippen LogP contribution in [0.5, 0.6) is 5.75 Å². The maximum atomic E-state index is 8.41. The molecule has 0 aliphatic carbocycles. The molecule has 0 atom stereocenters. The molecule has 3 heteroatoms. The fraction of sp³-hybridized carbons (Fsp3) is 0.364. The minimum Gasteiger partial charge on any atom is -0.493 e. The van der Waals surface area contributed by atoms with Gasteiger partial charge in [0.05, 0.1) is 12.8 Å². The van der Waals surface area contributed by atoms with Gasteiger partial charge in [0.25, 0.3) is 0 Å². The van der Waals surface area contributed by atoms with Crippen molar-refractivity contribution in [3.8, 4) is 5.75 Å². The first-order chi connectivity index (χ1) is 6.69. The highest BCUT2D eigenvalue weighted by atomic mass is 16.5. The van der Waals surface area contributed by atoms with E-state index in [1.165, 1.54) is 6.21 Å². The Morgan fingerprint density at radius 1 is 1.36 bits per heavy atom. The third-order valence-electron chi connectivity index (χ3n) is 1.98. The summed E-state index contributed by atoms with van der Waals surface area (Å²) in [6.45, 7) is 6.58. The van der Waals surface area contributed by atoms with Crippen LogP contribution >= 0.6 is 0 Å². The minimum absolute atomic E-state index is 0.662. The summed E-state index contributed by atoms with van der Waals surface area (Å²) in [5.41, 5.74) is 2.99. The zero-order valence-corrected chi connectivity index (χ0v) is 8.74. The van der Waals surface area contributed by atoms with E-state index in [1.807, 2.05) is 32.9 Å². The first kappa shape index (κ1) is 10.6. The Labute approximate surface area is 84.0 Å². The molecular formula is C11H15NO2. The van der Waals surface area contributed by atoms with Gasteiger partial charge < -0.3 is 9.94 Å². The average Bonchev–Trinajstić information content (AvgIpc) is 2.12. The molecule has 14 heavy (non-hydrogen) atoms. The van der Waals surface area contributed by atoms with E-state index in [-0.39, 0.29) is 0 Å². The molecule has 0 aliphatic heterocycles. The monoisotopic (exact) mass is 193 g/mol. The van der Waals surface area contributed by atoms with Gasteiger partial charge in [-0.05, 0) is 49.6 Å². The van der Waals surface area contributed by atoms with Gasteiger partial charge in [0.2, 0.25) is 0 Å². The topological polar surface area (TPSA) is 41.8 Å². The molecule has 0 fully saturated rings. The number of oxime groups is 1. The van der Waals surface area contributed by atoms with E-state index in [0.29, 0.717) is 6.61 Å². The number of ether oxygens (including phenoxy) is 1. The van der Waals surface area contributed by atoms with Gasteiger partial charge in [-0.1, -0.05) is 5.16 Å². The summed E-state index contributed by atoms with van der Waals surface area (Å²) in [6.07, 6.45) is 1.41. The predicted octanol–water partition coefficient (Wildman–Crippen LogP) is 2.51. The van der Waals surface area contributed by atoms with Gasteiger partial charge in [-0.2, -0.15) is 0 Å². The molecule has 1 aromatic rings. The lowest BCUT2D eigenvalue weighted by Crippen LogP contribution is -1.98. The normalized spacial score (nSPS) is 10.8. The largest absolute Gasteiger partial charge is 0.493 e. The molecule has 0 radical (unpaired) electrons. The molecular weight excluding hydrogens is 178 g/mol. The molecule has 0 saturated heterocycles. The average molecular weight is 193 g/mol. The summed E-state index contributed by atoms with van der Waals surface area (Å²) < 4.78 is 5.49. The zero-order valence-electron chi connectivity index (χ0n) is 8.74. The van der Waals surface area contributed by atoms with E-state index in [1.54, 1.807) is 0 Å². The number of rotatable bonds is 3. The third-order valence-corrected chi connectivity index (χ3v) is 1.98. The highest BCUT2D eigenvalue weighted by Crippen LogP contribution is 2.24. The van der Waals surface area contributed by atoms with Gasteiger partial charge in [-0.25, -0.2) is 0 Å². The van der Waals surface area contributed by atoms with Crippen LogP contribution in [-0.2, 0) is 0 Å². The van der Waals surface area contributed by atoms with Gasteiger partial charge in [0, 0.05) is 0 Å². The summed E-state index contributed by atoms with van der Waals surface area (Å²) in [5, 5.41) is 11.4. The van der Waals surface area contributed by atoms with Crippen molar-refractivity contribution in [2.24, 2.45) is 5.16 Å². The molecule has 1 aromatic carbocycles. The highest BCUT2D eigenvalue weighted by molar-refractivity contribution is 5.80. The molecule has 0 bridgehead atoms. The van der Waals surface area contributed by atoms with Crippen LogP contribution in [0.25, 0.3) is 0 Å². The van der Waals surface area contributed by atoms with Crippen molar-refractivity contribution in [2.75, 3.05) is 6.61 Å². The van der Waals surface area contributed by atoms with Crippen molar-refractivity contribution in [2.45, 2.75) is 20.8 Å². The van der Waals surface area contributed by atoms with Crippen LogP contribution in [0.1, 0.15) is 23.6 Å². The molecule has 0 aromatic heterocycles. The summed E-state index contributed by atoms with van der Waals surface area (Å²) >= 11 is 0. The Morgan fingerprint density at radius 3 is 2.36 bits per heavy atom. The minimum atomic E-state index is 0.662. The van der Waals surface area contributed by atoms with Crippen molar-refractivity contribution >= 4 is 6.21 Å². The van der Waals surface area contributed by atoms with Gasteiger partial charge in [0.15, 0.2) is 0 Å². The lowest BCUT2D eigenvalue weighted by Gasteiger charge is -2.10. The Bertz CT molecular complexity index is 322. The van der Waals surface area contributed by atoms with Crippen LogP contribution in [0.2, 0.25) is 0 Å². The molecule has 0 aliphatic rings. The summed E-state index contributed by atoms with van der Waals surface area (Å²) in [6, 6.07) is 3.86. The quantitative estimate of drug-likeness (QED) is 0.455. The second-order valence-electron chi connectivity index (χ2n) is 3.16. The summed E-state index contributed by atoms with van der Waals surface area (Å²) in [5.74, 6) is 0.919. The van der Waals surface area contributed by atoms with Crippen LogP contribution in [0.3, 0.4) is 0 Å². The van der Waals surface area contributed by atoms with Crippen LogP contribution in [0.4, 0.5) is 0 Å². The van der Waals surface area contributed by atoms with Crippen molar-refractivity contribution in [3.05, 3.63) is 28.8 Å². The van der Waals surface area contributed by atoms with Gasteiger partial charge in [0.1, 0.15) is 5.75 Å². The summed E-state index contributed by atoms with van der Waals surface area (Å²) in [4.78, 5) is 0.